The highest BCUT2D eigenvalue weighted by molar-refractivity contribution is 6.04. The molecule has 0 fully saturated rings. The van der Waals surface area contributed by atoms with Gasteiger partial charge in [-0.25, -0.2) is 9.78 Å². The van der Waals surface area contributed by atoms with Crippen LogP contribution in [0.5, 0.6) is 5.75 Å². The van der Waals surface area contributed by atoms with Crippen molar-refractivity contribution in [1.82, 2.24) is 0 Å². The molecule has 2 N–H and O–H groups in total. The summed E-state index contributed by atoms with van der Waals surface area (Å²) in [4.78, 5) is 15.6. The molecule has 0 aliphatic rings. The van der Waals surface area contributed by atoms with Crippen LogP contribution in [-0.4, -0.2) is 19.2 Å². The molecule has 5 nitrogen and oxygen atoms in total. The third-order valence-electron chi connectivity index (χ3n) is 4.02. The largest absolute Gasteiger partial charge is 0.494 e. The number of hydrogen-bond donors (Lipinski definition) is 1. The Morgan fingerprint density at radius 3 is 2.62 bits per heavy atom. The smallest absolute Gasteiger partial charge is 0.346 e. The highest BCUT2D eigenvalue weighted by Crippen LogP contribution is 2.29. The minimum Gasteiger partial charge on any atom is -0.494 e. The van der Waals surface area contributed by atoms with Crippen LogP contribution in [0.4, 0.5) is 5.69 Å². The maximum atomic E-state index is 12.4. The van der Waals surface area contributed by atoms with Crippen molar-refractivity contribution in [2.45, 2.75) is 20.4 Å². The van der Waals surface area contributed by atoms with Crippen LogP contribution in [0.15, 0.2) is 54.7 Å². The van der Waals surface area contributed by atoms with E-state index in [1.807, 2.05) is 55.5 Å². The number of carbonyl (C=O) groups is 1. The summed E-state index contributed by atoms with van der Waals surface area (Å²) in [7, 11) is 0. The number of ether oxygens (including phenoxy) is 2. The molecule has 3 rings (SSSR count). The molecule has 3 aromatic rings. The fourth-order valence-electron chi connectivity index (χ4n) is 2.83. The van der Waals surface area contributed by atoms with Gasteiger partial charge in [0.15, 0.2) is 6.20 Å². The first-order chi connectivity index (χ1) is 12.7. The van der Waals surface area contributed by atoms with Crippen molar-refractivity contribution < 1.29 is 19.3 Å². The predicted octanol–water partition coefficient (Wildman–Crippen LogP) is 3.84. The predicted molar refractivity (Wildman–Crippen MR) is 101 cm³/mol. The summed E-state index contributed by atoms with van der Waals surface area (Å²) < 4.78 is 10.8. The van der Waals surface area contributed by atoms with E-state index in [4.69, 9.17) is 9.47 Å². The topological polar surface area (TPSA) is 61.7 Å². The third kappa shape index (κ3) is 3.94. The van der Waals surface area contributed by atoms with Crippen LogP contribution in [0.3, 0.4) is 0 Å². The van der Waals surface area contributed by atoms with Gasteiger partial charge in [-0.2, -0.15) is 0 Å². The maximum Gasteiger partial charge on any atom is 0.346 e. The molecular weight excluding hydrogens is 328 g/mol. The van der Waals surface area contributed by atoms with E-state index in [-0.39, 0.29) is 5.97 Å². The van der Waals surface area contributed by atoms with Crippen LogP contribution in [0.1, 0.15) is 29.8 Å². The standard InChI is InChI=1S/C21H22N2O3/c1-3-25-16-10-11-19-17(12-16)20(18(14-22-19)21(24)26-4-2)23-13-15-8-6-5-7-9-15/h5-12,14H,3-4,13H2,1-2H3,(H,22,23)/p+1. The fourth-order valence-corrected chi connectivity index (χ4v) is 2.83. The van der Waals surface area contributed by atoms with Crippen LogP contribution in [-0.2, 0) is 11.3 Å². The zero-order chi connectivity index (χ0) is 18.4. The number of aromatic amines is 1. The molecule has 1 aromatic heterocycles. The Balaban J connectivity index is 2.04. The summed E-state index contributed by atoms with van der Waals surface area (Å²) in [5.41, 5.74) is 3.26. The number of rotatable bonds is 7. The summed E-state index contributed by atoms with van der Waals surface area (Å²) in [6, 6.07) is 15.8. The van der Waals surface area contributed by atoms with E-state index in [1.165, 1.54) is 0 Å². The van der Waals surface area contributed by atoms with Gasteiger partial charge in [0.1, 0.15) is 11.3 Å². The molecule has 0 amide bonds. The Morgan fingerprint density at radius 2 is 1.88 bits per heavy atom. The van der Waals surface area contributed by atoms with E-state index < -0.39 is 0 Å². The van der Waals surface area contributed by atoms with Gasteiger partial charge < -0.3 is 14.8 Å². The van der Waals surface area contributed by atoms with Gasteiger partial charge in [0, 0.05) is 12.6 Å². The lowest BCUT2D eigenvalue weighted by atomic mass is 10.1. The fraction of sp³-hybridized carbons (Fsp3) is 0.238. The van der Waals surface area contributed by atoms with Crippen LogP contribution in [0.2, 0.25) is 0 Å². The van der Waals surface area contributed by atoms with E-state index in [9.17, 15) is 4.79 Å². The van der Waals surface area contributed by atoms with Crippen LogP contribution >= 0.6 is 0 Å². The SMILES string of the molecule is CCOC(=O)c1c[nH+]c2ccc(OCC)cc2c1NCc1ccccc1. The molecule has 0 saturated carbocycles. The second-order valence-corrected chi connectivity index (χ2v) is 5.78. The first-order valence-electron chi connectivity index (χ1n) is 8.79. The molecule has 0 aliphatic heterocycles. The number of carbonyl (C=O) groups excluding carboxylic acids is 1. The molecule has 134 valence electrons. The van der Waals surface area contributed by atoms with Gasteiger partial charge >= 0.3 is 5.97 Å². The lowest BCUT2D eigenvalue weighted by Crippen LogP contribution is -2.16. The quantitative estimate of drug-likeness (QED) is 0.657. The van der Waals surface area contributed by atoms with Crippen molar-refractivity contribution in [3.05, 3.63) is 65.9 Å². The van der Waals surface area contributed by atoms with Crippen molar-refractivity contribution in [2.75, 3.05) is 18.5 Å². The molecule has 2 aromatic carbocycles. The summed E-state index contributed by atoms with van der Waals surface area (Å²) in [6.07, 6.45) is 1.69. The molecule has 0 unspecified atom stereocenters. The first kappa shape index (κ1) is 17.7. The molecule has 0 aliphatic carbocycles. The Morgan fingerprint density at radius 1 is 1.08 bits per heavy atom. The number of pyridine rings is 1. The van der Waals surface area contributed by atoms with Crippen molar-refractivity contribution in [3.63, 3.8) is 0 Å². The van der Waals surface area contributed by atoms with Crippen molar-refractivity contribution in [1.29, 1.82) is 0 Å². The lowest BCUT2D eigenvalue weighted by molar-refractivity contribution is -0.344. The van der Waals surface area contributed by atoms with E-state index in [0.29, 0.717) is 25.3 Å². The first-order valence-corrected chi connectivity index (χ1v) is 8.79. The highest BCUT2D eigenvalue weighted by Gasteiger charge is 2.20. The van der Waals surface area contributed by atoms with Gasteiger partial charge in [-0.15, -0.1) is 0 Å². The molecule has 0 atom stereocenters. The van der Waals surface area contributed by atoms with Gasteiger partial charge in [0.25, 0.3) is 0 Å². The zero-order valence-corrected chi connectivity index (χ0v) is 15.0. The number of nitrogens with one attached hydrogen (secondary N) is 2. The number of esters is 1. The summed E-state index contributed by atoms with van der Waals surface area (Å²) in [5.74, 6) is 0.403. The normalized spacial score (nSPS) is 10.5. The van der Waals surface area contributed by atoms with Crippen LogP contribution in [0, 0.1) is 0 Å². The summed E-state index contributed by atoms with van der Waals surface area (Å²) in [5, 5.41) is 4.29. The molecule has 0 saturated heterocycles. The Hall–Kier alpha value is -3.08. The minimum atomic E-state index is -0.358. The number of fused-ring (bicyclic) bond motifs is 1. The number of hydrogen-bond acceptors (Lipinski definition) is 4. The summed E-state index contributed by atoms with van der Waals surface area (Å²) >= 11 is 0. The van der Waals surface area contributed by atoms with E-state index >= 15 is 0 Å². The monoisotopic (exact) mass is 351 g/mol. The Labute approximate surface area is 153 Å². The minimum absolute atomic E-state index is 0.327. The maximum absolute atomic E-state index is 12.4. The number of benzene rings is 2. The van der Waals surface area contributed by atoms with Crippen LogP contribution in [0.25, 0.3) is 10.9 Å². The number of aromatic nitrogens is 1. The van der Waals surface area contributed by atoms with Gasteiger partial charge in [0.05, 0.1) is 24.3 Å². The average Bonchev–Trinajstić information content (AvgIpc) is 2.67. The molecule has 0 radical (unpaired) electrons. The Bertz CT molecular complexity index is 894. The second-order valence-electron chi connectivity index (χ2n) is 5.78. The van der Waals surface area contributed by atoms with Crippen molar-refractivity contribution >= 4 is 22.6 Å². The van der Waals surface area contributed by atoms with Gasteiger partial charge in [-0.1, -0.05) is 30.3 Å². The molecular formula is C21H23N2O3+. The van der Waals surface area contributed by atoms with E-state index in [1.54, 1.807) is 13.1 Å². The van der Waals surface area contributed by atoms with Crippen molar-refractivity contribution in [3.8, 4) is 5.75 Å². The number of H-pyrrole nitrogens is 1. The molecule has 1 heterocycles. The van der Waals surface area contributed by atoms with Crippen molar-refractivity contribution in [2.24, 2.45) is 0 Å². The van der Waals surface area contributed by atoms with Crippen LogP contribution < -0.4 is 15.0 Å². The zero-order valence-electron chi connectivity index (χ0n) is 15.0. The summed E-state index contributed by atoms with van der Waals surface area (Å²) in [6.45, 7) is 5.26. The average molecular weight is 351 g/mol. The van der Waals surface area contributed by atoms with E-state index in [0.717, 1.165) is 27.9 Å². The second kappa shape index (κ2) is 8.34. The molecule has 26 heavy (non-hydrogen) atoms. The molecule has 5 heteroatoms. The number of anilines is 1. The van der Waals surface area contributed by atoms with E-state index in [2.05, 4.69) is 10.3 Å². The van der Waals surface area contributed by atoms with Gasteiger partial charge in [-0.3, -0.25) is 0 Å². The van der Waals surface area contributed by atoms with Gasteiger partial charge in [0.2, 0.25) is 5.52 Å². The Kier molecular flexibility index (Phi) is 5.69. The van der Waals surface area contributed by atoms with Gasteiger partial charge in [-0.05, 0) is 31.5 Å². The lowest BCUT2D eigenvalue weighted by Gasteiger charge is -2.13. The third-order valence-corrected chi connectivity index (χ3v) is 4.02. The molecule has 0 bridgehead atoms. The molecule has 0 spiro atoms. The highest BCUT2D eigenvalue weighted by atomic mass is 16.5.